The molecule has 1 aromatic heterocycles. The number of aliphatic hydroxyl groups is 1. The maximum absolute atomic E-state index is 12.5. The summed E-state index contributed by atoms with van der Waals surface area (Å²) in [4.78, 5) is 28.5. The van der Waals surface area contributed by atoms with E-state index in [9.17, 15) is 14.7 Å². The van der Waals surface area contributed by atoms with Crippen molar-refractivity contribution in [2.75, 3.05) is 5.75 Å². The van der Waals surface area contributed by atoms with Gasteiger partial charge in [0.05, 0.1) is 29.0 Å². The zero-order valence-corrected chi connectivity index (χ0v) is 29.3. The fourth-order valence-electron chi connectivity index (χ4n) is 5.96. The van der Waals surface area contributed by atoms with Crippen LogP contribution in [-0.2, 0) is 32.2 Å². The Balaban J connectivity index is 1.11. The molecule has 50 heavy (non-hydrogen) atoms. The molecule has 9 nitrogen and oxygen atoms in total. The second-order valence-electron chi connectivity index (χ2n) is 12.3. The van der Waals surface area contributed by atoms with Crippen molar-refractivity contribution in [3.05, 3.63) is 119 Å². The van der Waals surface area contributed by atoms with Crippen LogP contribution < -0.4 is 10.8 Å². The Kier molecular flexibility index (Phi) is 12.7. The number of ether oxygens (including phenoxy) is 2. The number of hydroxylamine groups is 1. The second-order valence-corrected chi connectivity index (χ2v) is 14.6. The summed E-state index contributed by atoms with van der Waals surface area (Å²) < 4.78 is 15.3. The Morgan fingerprint density at radius 3 is 2.32 bits per heavy atom. The van der Waals surface area contributed by atoms with Crippen LogP contribution in [0.2, 0.25) is 0 Å². The molecule has 4 aromatic carbocycles. The number of thioether (sulfide) groups is 1. The van der Waals surface area contributed by atoms with Crippen molar-refractivity contribution in [2.24, 2.45) is 0 Å². The fraction of sp³-hybridized carbons (Fsp3) is 0.308. The van der Waals surface area contributed by atoms with Gasteiger partial charge in [-0.15, -0.1) is 11.3 Å². The number of carbonyl (C=O) groups excluding carboxylic acids is 2. The van der Waals surface area contributed by atoms with Gasteiger partial charge < -0.3 is 19.9 Å². The molecule has 0 bridgehead atoms. The summed E-state index contributed by atoms with van der Waals surface area (Å²) in [7, 11) is 0. The highest BCUT2D eigenvalue weighted by Crippen LogP contribution is 2.40. The maximum atomic E-state index is 12.5. The largest absolute Gasteiger partial charge is 0.392 e. The summed E-state index contributed by atoms with van der Waals surface area (Å²) >= 11 is 3.41. The van der Waals surface area contributed by atoms with Gasteiger partial charge in [-0.05, 0) is 52.8 Å². The minimum atomic E-state index is -0.561. The number of aliphatic hydroxyl groups excluding tert-OH is 1. The standard InChI is InChI=1S/C39H41N3O6S2/c43-24-26-14-16-28(17-15-26)34-22-31(25-49-39-41-33-10-6-7-11-35(33)50-39)47-38(48-34)29-20-18-27(19-21-29)32-9-5-4-8-30(32)23-40-36(44)12-2-1-3-13-37(45)42-46/h4-11,14-21,31,34,38,43,46H,1-3,12-13,22-25H2,(H,40,44)(H,42,45)/t31-,34+,38+/m0/s1. The lowest BCUT2D eigenvalue weighted by Gasteiger charge is -2.36. The summed E-state index contributed by atoms with van der Waals surface area (Å²) in [5.41, 5.74) is 8.53. The van der Waals surface area contributed by atoms with E-state index in [-0.39, 0.29) is 31.1 Å². The number of nitrogens with one attached hydrogen (secondary N) is 2. The van der Waals surface area contributed by atoms with E-state index in [2.05, 4.69) is 29.6 Å². The van der Waals surface area contributed by atoms with E-state index in [1.54, 1.807) is 28.6 Å². The molecule has 6 rings (SSSR count). The summed E-state index contributed by atoms with van der Waals surface area (Å²) in [6.07, 6.45) is 2.55. The number of hydrogen-bond donors (Lipinski definition) is 4. The van der Waals surface area contributed by atoms with Crippen molar-refractivity contribution in [1.29, 1.82) is 0 Å². The zero-order valence-electron chi connectivity index (χ0n) is 27.6. The van der Waals surface area contributed by atoms with Crippen LogP contribution in [0.1, 0.15) is 73.2 Å². The molecule has 5 aromatic rings. The van der Waals surface area contributed by atoms with E-state index in [1.165, 1.54) is 4.70 Å². The van der Waals surface area contributed by atoms with E-state index in [0.29, 0.717) is 32.2 Å². The van der Waals surface area contributed by atoms with Gasteiger partial charge in [0.25, 0.3) is 0 Å². The van der Waals surface area contributed by atoms with Gasteiger partial charge in [-0.3, -0.25) is 14.8 Å². The highest BCUT2D eigenvalue weighted by Gasteiger charge is 2.32. The van der Waals surface area contributed by atoms with E-state index in [4.69, 9.17) is 19.7 Å². The Hall–Kier alpha value is -4.10. The lowest BCUT2D eigenvalue weighted by molar-refractivity contribution is -0.245. The zero-order chi connectivity index (χ0) is 34.7. The average molecular weight is 712 g/mol. The highest BCUT2D eigenvalue weighted by atomic mass is 32.2. The Morgan fingerprint density at radius 1 is 0.840 bits per heavy atom. The third-order valence-electron chi connectivity index (χ3n) is 8.70. The molecule has 260 valence electrons. The van der Waals surface area contributed by atoms with Crippen molar-refractivity contribution < 1.29 is 29.4 Å². The van der Waals surface area contributed by atoms with Gasteiger partial charge in [0.2, 0.25) is 11.8 Å². The molecule has 0 unspecified atom stereocenters. The van der Waals surface area contributed by atoms with E-state index in [1.807, 2.05) is 72.8 Å². The van der Waals surface area contributed by atoms with Crippen LogP contribution in [-0.4, -0.2) is 39.0 Å². The van der Waals surface area contributed by atoms with Crippen molar-refractivity contribution in [1.82, 2.24) is 15.8 Å². The van der Waals surface area contributed by atoms with Crippen LogP contribution in [0.3, 0.4) is 0 Å². The van der Waals surface area contributed by atoms with Gasteiger partial charge in [0.15, 0.2) is 10.6 Å². The Labute approximate surface area is 300 Å². The Morgan fingerprint density at radius 2 is 1.56 bits per heavy atom. The van der Waals surface area contributed by atoms with Crippen LogP contribution in [0.4, 0.5) is 0 Å². The summed E-state index contributed by atoms with van der Waals surface area (Å²) in [5, 5.41) is 21.2. The first-order valence-corrected chi connectivity index (χ1v) is 18.7. The van der Waals surface area contributed by atoms with Gasteiger partial charge in [-0.1, -0.05) is 103 Å². The lowest BCUT2D eigenvalue weighted by atomic mass is 9.97. The molecule has 3 atom stereocenters. The predicted molar refractivity (Wildman–Crippen MR) is 196 cm³/mol. The topological polar surface area (TPSA) is 130 Å². The van der Waals surface area contributed by atoms with Gasteiger partial charge >= 0.3 is 0 Å². The first-order valence-electron chi connectivity index (χ1n) is 16.9. The number of thiazole rings is 1. The van der Waals surface area contributed by atoms with Crippen molar-refractivity contribution >= 4 is 45.1 Å². The number of benzene rings is 4. The third kappa shape index (κ3) is 9.57. The first-order chi connectivity index (χ1) is 24.5. The van der Waals surface area contributed by atoms with Crippen molar-refractivity contribution in [2.45, 2.75) is 74.5 Å². The number of hydrogen-bond acceptors (Lipinski definition) is 9. The van der Waals surface area contributed by atoms with Crippen LogP contribution in [0, 0.1) is 0 Å². The van der Waals surface area contributed by atoms with Gasteiger partial charge in [-0.2, -0.15) is 0 Å². The molecule has 11 heteroatoms. The van der Waals surface area contributed by atoms with Crippen LogP contribution in [0.5, 0.6) is 0 Å². The quantitative estimate of drug-likeness (QED) is 0.0374. The minimum Gasteiger partial charge on any atom is -0.392 e. The van der Waals surface area contributed by atoms with Crippen molar-refractivity contribution in [3.63, 3.8) is 0 Å². The molecule has 1 saturated heterocycles. The Bertz CT molecular complexity index is 1830. The van der Waals surface area contributed by atoms with Gasteiger partial charge in [-0.25, -0.2) is 10.5 Å². The van der Waals surface area contributed by atoms with Gasteiger partial charge in [0, 0.05) is 37.1 Å². The average Bonchev–Trinajstić information content (AvgIpc) is 3.59. The van der Waals surface area contributed by atoms with E-state index < -0.39 is 12.2 Å². The number of unbranched alkanes of at least 4 members (excludes halogenated alkanes) is 2. The first kappa shape index (κ1) is 35.7. The number of para-hydroxylation sites is 1. The molecule has 0 radical (unpaired) electrons. The van der Waals surface area contributed by atoms with Gasteiger partial charge in [0.1, 0.15) is 0 Å². The number of rotatable bonds is 15. The molecular weight excluding hydrogens is 671 g/mol. The lowest BCUT2D eigenvalue weighted by Crippen LogP contribution is -2.31. The number of carbonyl (C=O) groups is 2. The third-order valence-corrected chi connectivity index (χ3v) is 11.0. The number of nitrogens with zero attached hydrogens (tertiary/aromatic N) is 1. The normalized spacial score (nSPS) is 17.4. The second kappa shape index (κ2) is 17.7. The van der Waals surface area contributed by atoms with Crippen LogP contribution >= 0.6 is 23.1 Å². The molecule has 1 aliphatic rings. The number of aromatic nitrogens is 1. The summed E-state index contributed by atoms with van der Waals surface area (Å²) in [6, 6.07) is 32.3. The maximum Gasteiger partial charge on any atom is 0.243 e. The molecular formula is C39H41N3O6S2. The molecule has 0 spiro atoms. The van der Waals surface area contributed by atoms with E-state index >= 15 is 0 Å². The molecule has 4 N–H and O–H groups in total. The summed E-state index contributed by atoms with van der Waals surface area (Å²) in [5.74, 6) is 0.292. The van der Waals surface area contributed by atoms with Crippen LogP contribution in [0.15, 0.2) is 101 Å². The van der Waals surface area contributed by atoms with Crippen LogP contribution in [0.25, 0.3) is 21.3 Å². The molecule has 1 fully saturated rings. The summed E-state index contributed by atoms with van der Waals surface area (Å²) in [6.45, 7) is 0.402. The smallest absolute Gasteiger partial charge is 0.243 e. The predicted octanol–water partition coefficient (Wildman–Crippen LogP) is 7.87. The number of fused-ring (bicyclic) bond motifs is 1. The van der Waals surface area contributed by atoms with E-state index in [0.717, 1.165) is 55.4 Å². The molecule has 2 heterocycles. The SMILES string of the molecule is O=C(CCCCCC(=O)NCc1ccccc1-c1ccc([C@@H]2O[C@H](CSc3nc4ccccc4s3)C[C@H](c3ccc(CO)cc3)O2)cc1)NO. The molecule has 0 aliphatic carbocycles. The highest BCUT2D eigenvalue weighted by molar-refractivity contribution is 8.01. The molecule has 1 aliphatic heterocycles. The molecule has 2 amide bonds. The minimum absolute atomic E-state index is 0.00410. The number of amides is 2. The van der Waals surface area contributed by atoms with Crippen molar-refractivity contribution in [3.8, 4) is 11.1 Å². The molecule has 0 saturated carbocycles. The fourth-order valence-corrected chi connectivity index (χ4v) is 8.07. The monoisotopic (exact) mass is 711 g/mol.